The molecular formula is C25H32N6O3. The molecule has 180 valence electrons. The average Bonchev–Trinajstić information content (AvgIpc) is 3.59. The highest BCUT2D eigenvalue weighted by molar-refractivity contribution is 5.61. The molecule has 1 saturated heterocycles. The fraction of sp³-hybridized carbons (Fsp3) is 0.480. The largest absolute Gasteiger partial charge is 0.454 e. The number of rotatable bonds is 9. The lowest BCUT2D eigenvalue weighted by Crippen LogP contribution is -2.29. The van der Waals surface area contributed by atoms with Crippen LogP contribution in [-0.2, 0) is 4.74 Å². The van der Waals surface area contributed by atoms with Crippen molar-refractivity contribution in [2.75, 3.05) is 30.4 Å². The van der Waals surface area contributed by atoms with Crippen LogP contribution in [0.4, 0.5) is 17.3 Å². The lowest BCUT2D eigenvalue weighted by molar-refractivity contribution is 0.0839. The van der Waals surface area contributed by atoms with Crippen LogP contribution < -0.4 is 15.4 Å². The fourth-order valence-electron chi connectivity index (χ4n) is 3.98. The Kier molecular flexibility index (Phi) is 6.38. The molecule has 0 atom stereocenters. The summed E-state index contributed by atoms with van der Waals surface area (Å²) in [5.41, 5.74) is 1.04. The Morgan fingerprint density at radius 1 is 1.09 bits per heavy atom. The summed E-state index contributed by atoms with van der Waals surface area (Å²) < 4.78 is 14.0. The molecule has 1 aliphatic heterocycles. The van der Waals surface area contributed by atoms with Gasteiger partial charge in [-0.1, -0.05) is 0 Å². The van der Waals surface area contributed by atoms with Crippen LogP contribution in [0.5, 0.6) is 11.5 Å². The molecule has 3 N–H and O–H groups in total. The summed E-state index contributed by atoms with van der Waals surface area (Å²) in [6.45, 7) is 5.43. The maximum atomic E-state index is 9.93. The van der Waals surface area contributed by atoms with Crippen molar-refractivity contribution in [3.8, 4) is 11.5 Å². The molecule has 3 aromatic rings. The summed E-state index contributed by atoms with van der Waals surface area (Å²) in [6, 6.07) is 7.98. The van der Waals surface area contributed by atoms with E-state index in [1.54, 1.807) is 26.2 Å². The number of pyridine rings is 2. The van der Waals surface area contributed by atoms with Crippen LogP contribution in [0, 0.1) is 0 Å². The third-order valence-electron chi connectivity index (χ3n) is 5.95. The van der Waals surface area contributed by atoms with Crippen molar-refractivity contribution in [1.29, 1.82) is 0 Å². The topological polar surface area (TPSA) is 106 Å². The van der Waals surface area contributed by atoms with Crippen molar-refractivity contribution in [1.82, 2.24) is 19.7 Å². The van der Waals surface area contributed by atoms with Gasteiger partial charge in [0.05, 0.1) is 17.8 Å². The van der Waals surface area contributed by atoms with Crippen LogP contribution in [0.15, 0.2) is 42.9 Å². The first kappa shape index (κ1) is 22.6. The summed E-state index contributed by atoms with van der Waals surface area (Å²) in [5, 5.41) is 21.3. The molecule has 0 radical (unpaired) electrons. The maximum absolute atomic E-state index is 9.93. The second-order valence-electron chi connectivity index (χ2n) is 9.68. The quantitative estimate of drug-likeness (QED) is 0.421. The summed E-state index contributed by atoms with van der Waals surface area (Å²) >= 11 is 0. The van der Waals surface area contributed by atoms with E-state index in [0.717, 1.165) is 43.2 Å². The van der Waals surface area contributed by atoms with Crippen molar-refractivity contribution in [2.24, 2.45) is 0 Å². The normalized spacial score (nSPS) is 16.9. The Morgan fingerprint density at radius 2 is 1.85 bits per heavy atom. The fourth-order valence-corrected chi connectivity index (χ4v) is 3.98. The van der Waals surface area contributed by atoms with Gasteiger partial charge < -0.3 is 25.2 Å². The summed E-state index contributed by atoms with van der Waals surface area (Å²) in [5.74, 6) is 3.22. The van der Waals surface area contributed by atoms with Gasteiger partial charge in [0, 0.05) is 55.9 Å². The highest BCUT2D eigenvalue weighted by Crippen LogP contribution is 2.40. The lowest BCUT2D eigenvalue weighted by atomic mass is 9.96. The Hall–Kier alpha value is -3.17. The number of hydrogen-bond donors (Lipinski definition) is 3. The lowest BCUT2D eigenvalue weighted by Gasteiger charge is -2.21. The van der Waals surface area contributed by atoms with Crippen LogP contribution in [0.1, 0.15) is 57.2 Å². The van der Waals surface area contributed by atoms with E-state index in [2.05, 4.69) is 25.3 Å². The Bertz CT molecular complexity index is 1120. The van der Waals surface area contributed by atoms with E-state index in [4.69, 9.17) is 14.6 Å². The highest BCUT2D eigenvalue weighted by Gasteiger charge is 2.29. The molecule has 4 heterocycles. The average molecular weight is 465 g/mol. The van der Waals surface area contributed by atoms with Crippen LogP contribution in [-0.4, -0.2) is 50.2 Å². The van der Waals surface area contributed by atoms with Gasteiger partial charge in [-0.3, -0.25) is 4.68 Å². The molecule has 0 spiro atoms. The first-order valence-electron chi connectivity index (χ1n) is 11.9. The predicted octanol–water partition coefficient (Wildman–Crippen LogP) is 4.62. The van der Waals surface area contributed by atoms with Gasteiger partial charge in [-0.25, -0.2) is 9.97 Å². The van der Waals surface area contributed by atoms with E-state index in [-0.39, 0.29) is 0 Å². The second-order valence-corrected chi connectivity index (χ2v) is 9.68. The van der Waals surface area contributed by atoms with Gasteiger partial charge in [0.2, 0.25) is 0 Å². The van der Waals surface area contributed by atoms with Gasteiger partial charge in [-0.05, 0) is 51.7 Å². The monoisotopic (exact) mass is 464 g/mol. The zero-order valence-corrected chi connectivity index (χ0v) is 19.7. The van der Waals surface area contributed by atoms with Crippen molar-refractivity contribution >= 4 is 17.3 Å². The molecule has 9 heteroatoms. The van der Waals surface area contributed by atoms with E-state index < -0.39 is 5.60 Å². The van der Waals surface area contributed by atoms with Crippen LogP contribution >= 0.6 is 0 Å². The Balaban J connectivity index is 1.30. The van der Waals surface area contributed by atoms with E-state index in [1.165, 1.54) is 12.8 Å². The van der Waals surface area contributed by atoms with E-state index in [0.29, 0.717) is 35.9 Å². The van der Waals surface area contributed by atoms with Gasteiger partial charge >= 0.3 is 0 Å². The second kappa shape index (κ2) is 9.60. The number of nitrogens with one attached hydrogen (secondary N) is 2. The van der Waals surface area contributed by atoms with Gasteiger partial charge in [-0.2, -0.15) is 5.10 Å². The number of ether oxygens (including phenoxy) is 2. The van der Waals surface area contributed by atoms with E-state index >= 15 is 0 Å². The van der Waals surface area contributed by atoms with Crippen LogP contribution in [0.25, 0.3) is 0 Å². The number of aromatic nitrogens is 4. The van der Waals surface area contributed by atoms with Crippen LogP contribution in [0.3, 0.4) is 0 Å². The third-order valence-corrected chi connectivity index (χ3v) is 5.95. The highest BCUT2D eigenvalue weighted by atomic mass is 16.5. The minimum absolute atomic E-state index is 0.356. The van der Waals surface area contributed by atoms with Gasteiger partial charge in [-0.15, -0.1) is 0 Å². The van der Waals surface area contributed by atoms with Gasteiger partial charge in [0.15, 0.2) is 5.75 Å². The summed E-state index contributed by atoms with van der Waals surface area (Å²) in [6.07, 6.45) is 9.76. The van der Waals surface area contributed by atoms with Crippen molar-refractivity contribution in [3.63, 3.8) is 0 Å². The molecule has 2 fully saturated rings. The molecule has 1 saturated carbocycles. The Morgan fingerprint density at radius 3 is 2.62 bits per heavy atom. The molecule has 2 aliphatic rings. The zero-order chi connectivity index (χ0) is 23.5. The standard InChI is InChI=1S/C25H32N6O3/c1-25(2,32)16-28-22-13-18(5-9-26-22)29-23-14-20(6-10-27-23)34-21-15-31(19-3-4-19)30-24(21)17-7-11-33-12-8-17/h5-6,9-10,13-15,17,19,32H,3-4,7-8,11-12,16H2,1-2H3,(H2,26,27,28,29). The molecule has 34 heavy (non-hydrogen) atoms. The molecule has 0 amide bonds. The summed E-state index contributed by atoms with van der Waals surface area (Å²) in [7, 11) is 0. The number of hydrogen-bond acceptors (Lipinski definition) is 8. The van der Waals surface area contributed by atoms with E-state index in [1.807, 2.05) is 30.5 Å². The third kappa shape index (κ3) is 5.84. The van der Waals surface area contributed by atoms with Crippen molar-refractivity contribution in [2.45, 2.75) is 57.1 Å². The minimum atomic E-state index is -0.824. The minimum Gasteiger partial charge on any atom is -0.454 e. The van der Waals surface area contributed by atoms with Crippen molar-refractivity contribution in [3.05, 3.63) is 48.5 Å². The molecule has 1 aliphatic carbocycles. The van der Waals surface area contributed by atoms with E-state index in [9.17, 15) is 5.11 Å². The molecular weight excluding hydrogens is 432 g/mol. The number of nitrogens with zero attached hydrogens (tertiary/aromatic N) is 4. The molecule has 0 aromatic carbocycles. The SMILES string of the molecule is CC(C)(O)CNc1cc(Nc2cc(Oc3cn(C4CC4)nc3C3CCOCC3)ccn2)ccn1. The zero-order valence-electron chi connectivity index (χ0n) is 19.7. The first-order valence-corrected chi connectivity index (χ1v) is 11.9. The number of aliphatic hydroxyl groups is 1. The molecule has 5 rings (SSSR count). The summed E-state index contributed by atoms with van der Waals surface area (Å²) in [4.78, 5) is 8.75. The molecule has 3 aromatic heterocycles. The number of anilines is 3. The molecule has 0 unspecified atom stereocenters. The Labute approximate surface area is 199 Å². The molecule has 0 bridgehead atoms. The van der Waals surface area contributed by atoms with Crippen LogP contribution in [0.2, 0.25) is 0 Å². The van der Waals surface area contributed by atoms with Crippen molar-refractivity contribution < 1.29 is 14.6 Å². The predicted molar refractivity (Wildman–Crippen MR) is 130 cm³/mol. The van der Waals surface area contributed by atoms with Gasteiger partial charge in [0.1, 0.15) is 23.1 Å². The van der Waals surface area contributed by atoms with Gasteiger partial charge in [0.25, 0.3) is 0 Å². The first-order chi connectivity index (χ1) is 16.4. The smallest absolute Gasteiger partial charge is 0.168 e. The maximum Gasteiger partial charge on any atom is 0.168 e. The molecule has 9 nitrogen and oxygen atoms in total.